The van der Waals surface area contributed by atoms with Crippen molar-refractivity contribution >= 4 is 21.8 Å². The van der Waals surface area contributed by atoms with Gasteiger partial charge in [0.1, 0.15) is 12.4 Å². The van der Waals surface area contributed by atoms with Gasteiger partial charge in [-0.2, -0.15) is 8.42 Å². The summed E-state index contributed by atoms with van der Waals surface area (Å²) in [6, 6.07) is 1.80. The minimum Gasteiger partial charge on any atom is -0.351 e. The average Bonchev–Trinajstić information content (AvgIpc) is 2.98. The number of pyridine rings is 1. The van der Waals surface area contributed by atoms with Crippen LogP contribution in [0, 0.1) is 0 Å². The summed E-state index contributed by atoms with van der Waals surface area (Å²) in [7, 11) is -3.57. The maximum absolute atomic E-state index is 12.0. The molecule has 1 N–H and O–H groups in total. The van der Waals surface area contributed by atoms with Crippen molar-refractivity contribution in [2.45, 2.75) is 45.4 Å². The molecule has 2 aliphatic heterocycles. The van der Waals surface area contributed by atoms with E-state index in [1.807, 2.05) is 0 Å². The Kier molecular flexibility index (Phi) is 3.84. The summed E-state index contributed by atoms with van der Waals surface area (Å²) in [5.74, 6) is 0.552. The largest absolute Gasteiger partial charge is 0.351 e. The highest BCUT2D eigenvalue weighted by atomic mass is 32.2. The normalized spacial score (nSPS) is 19.8. The van der Waals surface area contributed by atoms with E-state index < -0.39 is 10.1 Å². The molecule has 0 unspecified atom stereocenters. The number of aromatic nitrogens is 1. The molecule has 8 heteroatoms. The zero-order valence-corrected chi connectivity index (χ0v) is 14.4. The highest BCUT2D eigenvalue weighted by Gasteiger charge is 2.34. The monoisotopic (exact) mass is 339 g/mol. The van der Waals surface area contributed by atoms with Crippen LogP contribution in [-0.2, 0) is 27.5 Å². The van der Waals surface area contributed by atoms with E-state index in [4.69, 9.17) is 4.18 Å². The molecule has 3 rings (SSSR count). The molecular weight excluding hydrogens is 318 g/mol. The van der Waals surface area contributed by atoms with E-state index in [-0.39, 0.29) is 18.1 Å². The minimum atomic E-state index is -3.57. The van der Waals surface area contributed by atoms with Gasteiger partial charge in [0.15, 0.2) is 0 Å². The maximum Gasteiger partial charge on any atom is 0.264 e. The number of hydrogen-bond donors (Lipinski definition) is 1. The number of fused-ring (bicyclic) bond motifs is 1. The topological polar surface area (TPSA) is 88.6 Å². The lowest BCUT2D eigenvalue weighted by Gasteiger charge is -2.33. The van der Waals surface area contributed by atoms with Gasteiger partial charge in [-0.1, -0.05) is 0 Å². The number of anilines is 1. The molecule has 0 saturated carbocycles. The van der Waals surface area contributed by atoms with E-state index in [0.717, 1.165) is 31.2 Å². The van der Waals surface area contributed by atoms with Crippen LogP contribution < -0.4 is 10.2 Å². The van der Waals surface area contributed by atoms with Gasteiger partial charge in [0.25, 0.3) is 16.0 Å². The van der Waals surface area contributed by atoms with Gasteiger partial charge in [-0.25, -0.2) is 4.98 Å². The van der Waals surface area contributed by atoms with E-state index >= 15 is 0 Å². The van der Waals surface area contributed by atoms with Crippen molar-refractivity contribution in [1.29, 1.82) is 0 Å². The third kappa shape index (κ3) is 3.18. The summed E-state index contributed by atoms with van der Waals surface area (Å²) < 4.78 is 27.4. The molecule has 1 fully saturated rings. The van der Waals surface area contributed by atoms with Crippen LogP contribution in [0.3, 0.4) is 0 Å². The molecule has 1 aromatic heterocycles. The van der Waals surface area contributed by atoms with Crippen LogP contribution in [0.25, 0.3) is 0 Å². The molecular formula is C15H21N3O4S. The number of nitrogens with one attached hydrogen (secondary N) is 1. The average molecular weight is 339 g/mol. The zero-order valence-electron chi connectivity index (χ0n) is 13.5. The van der Waals surface area contributed by atoms with Gasteiger partial charge in [0.2, 0.25) is 0 Å². The Morgan fingerprint density at radius 3 is 2.78 bits per heavy atom. The molecule has 1 saturated heterocycles. The van der Waals surface area contributed by atoms with Crippen molar-refractivity contribution in [3.63, 3.8) is 0 Å². The lowest BCUT2D eigenvalue weighted by atomic mass is 10.0. The van der Waals surface area contributed by atoms with Crippen LogP contribution in [0.1, 0.15) is 48.3 Å². The molecule has 23 heavy (non-hydrogen) atoms. The van der Waals surface area contributed by atoms with Crippen molar-refractivity contribution in [3.8, 4) is 0 Å². The molecule has 0 aliphatic carbocycles. The second kappa shape index (κ2) is 5.45. The van der Waals surface area contributed by atoms with Gasteiger partial charge in [0.05, 0.1) is 11.9 Å². The van der Waals surface area contributed by atoms with Crippen molar-refractivity contribution in [2.24, 2.45) is 0 Å². The summed E-state index contributed by atoms with van der Waals surface area (Å²) in [5, 5.41) is 2.76. The first-order valence-electron chi connectivity index (χ1n) is 7.60. The molecule has 0 atom stereocenters. The number of rotatable bonds is 4. The van der Waals surface area contributed by atoms with Crippen LogP contribution in [0.4, 0.5) is 5.82 Å². The summed E-state index contributed by atoms with van der Waals surface area (Å²) in [4.78, 5) is 18.8. The van der Waals surface area contributed by atoms with Crippen molar-refractivity contribution < 1.29 is 17.4 Å². The number of hydrogen-bond acceptors (Lipinski definition) is 6. The zero-order chi connectivity index (χ0) is 16.8. The molecule has 0 aromatic carbocycles. The minimum absolute atomic E-state index is 0.0364. The van der Waals surface area contributed by atoms with Crippen LogP contribution >= 0.6 is 0 Å². The van der Waals surface area contributed by atoms with E-state index in [9.17, 15) is 13.2 Å². The third-order valence-electron chi connectivity index (χ3n) is 4.45. The molecule has 0 radical (unpaired) electrons. The van der Waals surface area contributed by atoms with Crippen LogP contribution in [0.2, 0.25) is 0 Å². The lowest BCUT2D eigenvalue weighted by Crippen LogP contribution is -2.39. The number of nitrogens with zero attached hydrogens (tertiary/aromatic N) is 2. The van der Waals surface area contributed by atoms with Gasteiger partial charge in [-0.15, -0.1) is 0 Å². The van der Waals surface area contributed by atoms with Gasteiger partial charge in [-0.3, -0.25) is 8.98 Å². The first-order chi connectivity index (χ1) is 10.7. The van der Waals surface area contributed by atoms with E-state index in [1.54, 1.807) is 6.07 Å². The molecule has 126 valence electrons. The fourth-order valence-corrected chi connectivity index (χ4v) is 3.55. The Labute approximate surface area is 136 Å². The highest BCUT2D eigenvalue weighted by Crippen LogP contribution is 2.34. The highest BCUT2D eigenvalue weighted by molar-refractivity contribution is 7.85. The van der Waals surface area contributed by atoms with Crippen LogP contribution in [0.5, 0.6) is 0 Å². The first-order valence-corrected chi connectivity index (χ1v) is 9.42. The van der Waals surface area contributed by atoms with Crippen molar-refractivity contribution in [2.75, 3.05) is 17.7 Å². The summed E-state index contributed by atoms with van der Waals surface area (Å²) in [6.45, 7) is 5.35. The summed E-state index contributed by atoms with van der Waals surface area (Å²) in [6.07, 6.45) is 3.12. The third-order valence-corrected chi connectivity index (χ3v) is 5.00. The van der Waals surface area contributed by atoms with Crippen LogP contribution in [-0.4, -0.2) is 37.6 Å². The number of carbonyl (C=O) groups excluding carboxylic acids is 1. The van der Waals surface area contributed by atoms with Crippen LogP contribution in [0.15, 0.2) is 6.07 Å². The Balaban J connectivity index is 2.02. The Hall–Kier alpha value is -1.67. The Morgan fingerprint density at radius 2 is 2.17 bits per heavy atom. The van der Waals surface area contributed by atoms with E-state index in [0.29, 0.717) is 23.6 Å². The van der Waals surface area contributed by atoms with E-state index in [1.165, 1.54) is 0 Å². The van der Waals surface area contributed by atoms with Gasteiger partial charge >= 0.3 is 0 Å². The number of carbonyl (C=O) groups is 1. The molecule has 2 aliphatic rings. The molecule has 1 aromatic rings. The molecule has 7 nitrogen and oxygen atoms in total. The fourth-order valence-electron chi connectivity index (χ4n) is 3.23. The van der Waals surface area contributed by atoms with Gasteiger partial charge in [-0.05, 0) is 32.8 Å². The molecule has 0 spiro atoms. The second-order valence-corrected chi connectivity index (χ2v) is 8.31. The van der Waals surface area contributed by atoms with Gasteiger partial charge in [0, 0.05) is 29.8 Å². The van der Waals surface area contributed by atoms with E-state index in [2.05, 4.69) is 29.0 Å². The summed E-state index contributed by atoms with van der Waals surface area (Å²) in [5.41, 5.74) is 1.75. The molecule has 0 bridgehead atoms. The standard InChI is InChI=1S/C15H21N3O4S/c1-15(2)5-4-6-18(15)13-7-10-11(8-16-14(10)19)12(17-13)9-22-23(3,20)21/h7H,4-6,8-9H2,1-3H3,(H,16,19). The predicted octanol–water partition coefficient (Wildman–Crippen LogP) is 1.18. The predicted molar refractivity (Wildman–Crippen MR) is 85.7 cm³/mol. The fraction of sp³-hybridized carbons (Fsp3) is 0.600. The quantitative estimate of drug-likeness (QED) is 0.829. The maximum atomic E-state index is 12.0. The SMILES string of the molecule is CC1(C)CCCN1c1cc2c(c(COS(C)(=O)=O)n1)CNC2=O. The molecule has 3 heterocycles. The van der Waals surface area contributed by atoms with Gasteiger partial charge < -0.3 is 10.2 Å². The summed E-state index contributed by atoms with van der Waals surface area (Å²) >= 11 is 0. The smallest absolute Gasteiger partial charge is 0.264 e. The second-order valence-electron chi connectivity index (χ2n) is 6.67. The molecule has 1 amide bonds. The Morgan fingerprint density at radius 1 is 1.43 bits per heavy atom. The van der Waals surface area contributed by atoms with Crippen molar-refractivity contribution in [1.82, 2.24) is 10.3 Å². The Bertz CT molecular complexity index is 758. The lowest BCUT2D eigenvalue weighted by molar-refractivity contribution is 0.0965. The van der Waals surface area contributed by atoms with Crippen molar-refractivity contribution in [3.05, 3.63) is 22.9 Å². The number of amides is 1. The first kappa shape index (κ1) is 16.2.